The van der Waals surface area contributed by atoms with Gasteiger partial charge in [-0.3, -0.25) is 15.1 Å². The first-order valence-electron chi connectivity index (χ1n) is 7.42. The first kappa shape index (κ1) is 15.1. The fraction of sp³-hybridized carbons (Fsp3) is 0.667. The van der Waals surface area contributed by atoms with Gasteiger partial charge in [0.2, 0.25) is 0 Å². The van der Waals surface area contributed by atoms with Crippen LogP contribution in [0.1, 0.15) is 55.1 Å². The Labute approximate surface area is 120 Å². The summed E-state index contributed by atoms with van der Waals surface area (Å²) in [4.78, 5) is 13.7. The Kier molecular flexibility index (Phi) is 5.20. The van der Waals surface area contributed by atoms with Crippen molar-refractivity contribution in [3.05, 3.63) is 23.7 Å². The standard InChI is InChI=1S/C15H25N3O2/c1-3-11-4-6-13(7-5-11)18(2)9-14-8-12(10-20-14)15(19)17-16/h8,10-11,13H,3-7,9,16H2,1-2H3,(H,17,19). The zero-order chi connectivity index (χ0) is 14.5. The van der Waals surface area contributed by atoms with E-state index in [9.17, 15) is 4.79 Å². The molecule has 3 N–H and O–H groups in total. The summed E-state index contributed by atoms with van der Waals surface area (Å²) >= 11 is 0. The average Bonchev–Trinajstić information content (AvgIpc) is 2.95. The van der Waals surface area contributed by atoms with Crippen molar-refractivity contribution in [3.63, 3.8) is 0 Å². The summed E-state index contributed by atoms with van der Waals surface area (Å²) in [6, 6.07) is 2.38. The summed E-state index contributed by atoms with van der Waals surface area (Å²) in [5.41, 5.74) is 2.59. The Morgan fingerprint density at radius 1 is 1.45 bits per heavy atom. The van der Waals surface area contributed by atoms with Crippen LogP contribution in [0.2, 0.25) is 0 Å². The molecule has 112 valence electrons. The Balaban J connectivity index is 1.86. The second kappa shape index (κ2) is 6.90. The van der Waals surface area contributed by atoms with Crippen molar-refractivity contribution in [1.82, 2.24) is 10.3 Å². The number of carbonyl (C=O) groups is 1. The van der Waals surface area contributed by atoms with Crippen molar-refractivity contribution in [1.29, 1.82) is 0 Å². The van der Waals surface area contributed by atoms with Crippen LogP contribution in [0.4, 0.5) is 0 Å². The van der Waals surface area contributed by atoms with Gasteiger partial charge in [-0.1, -0.05) is 13.3 Å². The minimum absolute atomic E-state index is 0.314. The lowest BCUT2D eigenvalue weighted by atomic mass is 9.84. The Morgan fingerprint density at radius 2 is 2.15 bits per heavy atom. The molecule has 2 rings (SSSR count). The third-order valence-corrected chi connectivity index (χ3v) is 4.47. The van der Waals surface area contributed by atoms with Crippen molar-refractivity contribution < 1.29 is 9.21 Å². The molecule has 5 nitrogen and oxygen atoms in total. The molecule has 0 aromatic carbocycles. The van der Waals surface area contributed by atoms with Gasteiger partial charge >= 0.3 is 0 Å². The van der Waals surface area contributed by atoms with Crippen molar-refractivity contribution in [2.24, 2.45) is 11.8 Å². The number of hydrazine groups is 1. The zero-order valence-electron chi connectivity index (χ0n) is 12.4. The lowest BCUT2D eigenvalue weighted by molar-refractivity contribution is 0.0953. The van der Waals surface area contributed by atoms with Gasteiger partial charge in [0.1, 0.15) is 12.0 Å². The molecule has 1 heterocycles. The van der Waals surface area contributed by atoms with Gasteiger partial charge in [0.25, 0.3) is 5.91 Å². The van der Waals surface area contributed by atoms with Crippen LogP contribution in [0.5, 0.6) is 0 Å². The van der Waals surface area contributed by atoms with Gasteiger partial charge in [0, 0.05) is 6.04 Å². The molecule has 1 amide bonds. The highest BCUT2D eigenvalue weighted by Gasteiger charge is 2.23. The number of rotatable bonds is 5. The molecule has 0 aliphatic heterocycles. The van der Waals surface area contributed by atoms with Crippen molar-refractivity contribution >= 4 is 5.91 Å². The van der Waals surface area contributed by atoms with Crippen LogP contribution in [0, 0.1) is 5.92 Å². The molecule has 0 bridgehead atoms. The molecule has 0 unspecified atom stereocenters. The predicted octanol–water partition coefficient (Wildman–Crippen LogP) is 2.28. The summed E-state index contributed by atoms with van der Waals surface area (Å²) < 4.78 is 5.43. The number of amides is 1. The maximum absolute atomic E-state index is 11.4. The minimum Gasteiger partial charge on any atom is -0.467 e. The molecule has 0 atom stereocenters. The summed E-state index contributed by atoms with van der Waals surface area (Å²) in [5, 5.41) is 0. The highest BCUT2D eigenvalue weighted by Crippen LogP contribution is 2.29. The van der Waals surface area contributed by atoms with Crippen LogP contribution in [0.3, 0.4) is 0 Å². The largest absolute Gasteiger partial charge is 0.467 e. The second-order valence-electron chi connectivity index (χ2n) is 5.77. The van der Waals surface area contributed by atoms with Crippen molar-refractivity contribution in [3.8, 4) is 0 Å². The fourth-order valence-electron chi connectivity index (χ4n) is 3.03. The quantitative estimate of drug-likeness (QED) is 0.493. The Hall–Kier alpha value is -1.33. The summed E-state index contributed by atoms with van der Waals surface area (Å²) in [7, 11) is 2.13. The molecule has 5 heteroatoms. The molecule has 1 aromatic heterocycles. The lowest BCUT2D eigenvalue weighted by Gasteiger charge is -2.34. The van der Waals surface area contributed by atoms with E-state index in [1.165, 1.54) is 38.4 Å². The van der Waals surface area contributed by atoms with E-state index in [2.05, 4.69) is 24.3 Å². The fourth-order valence-corrected chi connectivity index (χ4v) is 3.03. The maximum Gasteiger partial charge on any atom is 0.268 e. The number of nitrogens with zero attached hydrogens (tertiary/aromatic N) is 1. The molecular formula is C15H25N3O2. The molecule has 0 saturated heterocycles. The van der Waals surface area contributed by atoms with Crippen LogP contribution in [-0.2, 0) is 6.54 Å². The van der Waals surface area contributed by atoms with E-state index in [0.29, 0.717) is 11.6 Å². The highest BCUT2D eigenvalue weighted by atomic mass is 16.3. The van der Waals surface area contributed by atoms with Gasteiger partial charge in [-0.15, -0.1) is 0 Å². The number of carbonyl (C=O) groups excluding carboxylic acids is 1. The van der Waals surface area contributed by atoms with E-state index in [4.69, 9.17) is 10.3 Å². The topological polar surface area (TPSA) is 71.5 Å². The number of hydrogen-bond donors (Lipinski definition) is 2. The van der Waals surface area contributed by atoms with E-state index in [0.717, 1.165) is 18.2 Å². The summed E-state index contributed by atoms with van der Waals surface area (Å²) in [5.74, 6) is 6.51. The number of nitrogens with two attached hydrogens (primary N) is 1. The SMILES string of the molecule is CCC1CCC(N(C)Cc2cc(C(=O)NN)co2)CC1. The van der Waals surface area contributed by atoms with Gasteiger partial charge in [-0.25, -0.2) is 5.84 Å². The number of hydrogen-bond acceptors (Lipinski definition) is 4. The second-order valence-corrected chi connectivity index (χ2v) is 5.77. The maximum atomic E-state index is 11.4. The molecule has 0 radical (unpaired) electrons. The molecule has 1 aliphatic carbocycles. The normalized spacial score (nSPS) is 23.0. The number of nitrogen functional groups attached to an aromatic ring is 1. The average molecular weight is 279 g/mol. The van der Waals surface area contributed by atoms with Gasteiger partial charge in [-0.2, -0.15) is 0 Å². The number of nitrogens with one attached hydrogen (secondary N) is 1. The van der Waals surface area contributed by atoms with Crippen LogP contribution in [0.15, 0.2) is 16.7 Å². The van der Waals surface area contributed by atoms with Crippen LogP contribution >= 0.6 is 0 Å². The van der Waals surface area contributed by atoms with Gasteiger partial charge in [-0.05, 0) is 44.7 Å². The first-order chi connectivity index (χ1) is 9.63. The van der Waals surface area contributed by atoms with Crippen LogP contribution < -0.4 is 11.3 Å². The summed E-state index contributed by atoms with van der Waals surface area (Å²) in [6.07, 6.45) is 7.91. The third kappa shape index (κ3) is 3.61. The molecule has 0 spiro atoms. The first-order valence-corrected chi connectivity index (χ1v) is 7.42. The monoisotopic (exact) mass is 279 g/mol. The molecule has 1 aliphatic rings. The van der Waals surface area contributed by atoms with E-state index in [1.807, 2.05) is 0 Å². The smallest absolute Gasteiger partial charge is 0.268 e. The van der Waals surface area contributed by atoms with Crippen molar-refractivity contribution in [2.75, 3.05) is 7.05 Å². The highest BCUT2D eigenvalue weighted by molar-refractivity contribution is 5.93. The van der Waals surface area contributed by atoms with Crippen LogP contribution in [-0.4, -0.2) is 23.9 Å². The third-order valence-electron chi connectivity index (χ3n) is 4.47. The molecule has 20 heavy (non-hydrogen) atoms. The molecule has 1 aromatic rings. The van der Waals surface area contributed by atoms with E-state index in [1.54, 1.807) is 6.07 Å². The van der Waals surface area contributed by atoms with Gasteiger partial charge in [0.15, 0.2) is 0 Å². The van der Waals surface area contributed by atoms with Crippen LogP contribution in [0.25, 0.3) is 0 Å². The van der Waals surface area contributed by atoms with E-state index in [-0.39, 0.29) is 5.91 Å². The molecule has 1 saturated carbocycles. The van der Waals surface area contributed by atoms with Gasteiger partial charge in [0.05, 0.1) is 12.1 Å². The summed E-state index contributed by atoms with van der Waals surface area (Å²) in [6.45, 7) is 3.01. The Bertz CT molecular complexity index is 436. The van der Waals surface area contributed by atoms with Crippen molar-refractivity contribution in [2.45, 2.75) is 51.6 Å². The Morgan fingerprint density at radius 3 is 2.75 bits per heavy atom. The van der Waals surface area contributed by atoms with E-state index >= 15 is 0 Å². The molecule has 1 fully saturated rings. The van der Waals surface area contributed by atoms with Gasteiger partial charge < -0.3 is 4.42 Å². The lowest BCUT2D eigenvalue weighted by Crippen LogP contribution is -2.34. The zero-order valence-corrected chi connectivity index (χ0v) is 12.4. The number of furan rings is 1. The predicted molar refractivity (Wildman–Crippen MR) is 77.9 cm³/mol. The molecular weight excluding hydrogens is 254 g/mol. The minimum atomic E-state index is -0.314. The van der Waals surface area contributed by atoms with E-state index < -0.39 is 0 Å².